The summed E-state index contributed by atoms with van der Waals surface area (Å²) in [5, 5.41) is 10.6. The van der Waals surface area contributed by atoms with Crippen LogP contribution in [0.25, 0.3) is 0 Å². The molecule has 0 aliphatic carbocycles. The molecule has 0 rings (SSSR count). The van der Waals surface area contributed by atoms with Crippen molar-refractivity contribution in [2.75, 3.05) is 39.6 Å². The summed E-state index contributed by atoms with van der Waals surface area (Å²) in [4.78, 5) is 72.9. The maximum Gasteiger partial charge on any atom is 0.472 e. The molecule has 0 fully saturated rings. The minimum Gasteiger partial charge on any atom is -0.462 e. The largest absolute Gasteiger partial charge is 0.472 e. The molecule has 17 nitrogen and oxygen atoms in total. The van der Waals surface area contributed by atoms with E-state index in [1.54, 1.807) is 0 Å². The van der Waals surface area contributed by atoms with Crippen molar-refractivity contribution in [2.24, 2.45) is 11.8 Å². The van der Waals surface area contributed by atoms with Gasteiger partial charge in [-0.3, -0.25) is 37.3 Å². The maximum absolute atomic E-state index is 13.1. The van der Waals surface area contributed by atoms with Gasteiger partial charge in [-0.05, 0) is 37.5 Å². The predicted molar refractivity (Wildman–Crippen MR) is 391 cm³/mol. The zero-order chi connectivity index (χ0) is 70.7. The molecule has 19 heteroatoms. The van der Waals surface area contributed by atoms with E-state index in [1.165, 1.54) is 212 Å². The predicted octanol–water partition coefficient (Wildman–Crippen LogP) is 22.7. The topological polar surface area (TPSA) is 237 Å². The van der Waals surface area contributed by atoms with Crippen LogP contribution in [0.2, 0.25) is 0 Å². The summed E-state index contributed by atoms with van der Waals surface area (Å²) < 4.78 is 68.6. The fraction of sp³-hybridized carbons (Fsp3) is 0.948. The van der Waals surface area contributed by atoms with Gasteiger partial charge in [-0.2, -0.15) is 0 Å². The number of carbonyl (C=O) groups excluding carboxylic acids is 4. The summed E-state index contributed by atoms with van der Waals surface area (Å²) in [7, 11) is -9.91. The van der Waals surface area contributed by atoms with Gasteiger partial charge in [-0.25, -0.2) is 9.13 Å². The van der Waals surface area contributed by atoms with Crippen LogP contribution in [0, 0.1) is 11.8 Å². The molecule has 0 amide bonds. The third-order valence-corrected chi connectivity index (χ3v) is 20.2. The Morgan fingerprint density at radius 2 is 0.531 bits per heavy atom. The van der Waals surface area contributed by atoms with Crippen molar-refractivity contribution in [3.8, 4) is 0 Å². The number of hydrogen-bond acceptors (Lipinski definition) is 15. The van der Waals surface area contributed by atoms with Gasteiger partial charge in [-0.1, -0.05) is 350 Å². The van der Waals surface area contributed by atoms with Gasteiger partial charge in [0.1, 0.15) is 19.3 Å². The first-order valence-corrected chi connectivity index (χ1v) is 43.0. The van der Waals surface area contributed by atoms with Gasteiger partial charge in [0.05, 0.1) is 26.4 Å². The van der Waals surface area contributed by atoms with Crippen molar-refractivity contribution < 1.29 is 80.2 Å². The minimum atomic E-state index is -4.96. The van der Waals surface area contributed by atoms with Gasteiger partial charge in [0.25, 0.3) is 0 Å². The minimum absolute atomic E-state index is 0.106. The lowest BCUT2D eigenvalue weighted by Crippen LogP contribution is -2.30. The smallest absolute Gasteiger partial charge is 0.462 e. The normalized spacial score (nSPS) is 14.3. The fourth-order valence-corrected chi connectivity index (χ4v) is 13.4. The van der Waals surface area contributed by atoms with Crippen molar-refractivity contribution >= 4 is 39.5 Å². The summed E-state index contributed by atoms with van der Waals surface area (Å²) >= 11 is 0. The second-order valence-corrected chi connectivity index (χ2v) is 31.4. The summed E-state index contributed by atoms with van der Waals surface area (Å²) in [6.45, 7) is 9.57. The van der Waals surface area contributed by atoms with Gasteiger partial charge >= 0.3 is 39.5 Å². The molecule has 0 heterocycles. The van der Waals surface area contributed by atoms with Crippen LogP contribution in [-0.4, -0.2) is 96.7 Å². The molecular weight excluding hydrogens is 1260 g/mol. The highest BCUT2D eigenvalue weighted by molar-refractivity contribution is 7.47. The van der Waals surface area contributed by atoms with Crippen LogP contribution in [0.5, 0.6) is 0 Å². The van der Waals surface area contributed by atoms with Crippen LogP contribution in [0.1, 0.15) is 401 Å². The van der Waals surface area contributed by atoms with Crippen molar-refractivity contribution in [3.63, 3.8) is 0 Å². The summed E-state index contributed by atoms with van der Waals surface area (Å²) in [6, 6.07) is 0. The SMILES string of the molecule is CCCCCCCCCCCCCCCCCCC(=O)OC[C@H](COP(=O)(O)OC[C@@H](O)COP(=O)(O)OC[C@@H](COC(=O)CCCCCCCCC(C)CC)OC(=O)CCCCCCCCCCCCCC(C)C)OC(=O)CCCCCCCCCCCCCCCCCC. The zero-order valence-electron chi connectivity index (χ0n) is 62.7. The highest BCUT2D eigenvalue weighted by atomic mass is 31.2. The van der Waals surface area contributed by atoms with Crippen LogP contribution in [0.3, 0.4) is 0 Å². The van der Waals surface area contributed by atoms with E-state index in [2.05, 4.69) is 41.5 Å². The molecule has 0 bridgehead atoms. The van der Waals surface area contributed by atoms with Crippen LogP contribution in [0.15, 0.2) is 0 Å². The Morgan fingerprint density at radius 3 is 0.792 bits per heavy atom. The van der Waals surface area contributed by atoms with E-state index in [4.69, 9.17) is 37.0 Å². The number of carbonyl (C=O) groups is 4. The lowest BCUT2D eigenvalue weighted by Gasteiger charge is -2.21. The molecule has 0 spiro atoms. The molecule has 0 aliphatic heterocycles. The molecule has 0 saturated carbocycles. The molecule has 6 atom stereocenters. The number of aliphatic hydroxyl groups is 1. The number of ether oxygens (including phenoxy) is 4. The Bertz CT molecular complexity index is 1860. The fourth-order valence-electron chi connectivity index (χ4n) is 11.8. The second-order valence-electron chi connectivity index (χ2n) is 28.5. The van der Waals surface area contributed by atoms with E-state index < -0.39 is 97.5 Å². The number of aliphatic hydroxyl groups excluding tert-OH is 1. The molecule has 3 N–H and O–H groups in total. The van der Waals surface area contributed by atoms with Gasteiger partial charge in [-0.15, -0.1) is 0 Å². The lowest BCUT2D eigenvalue weighted by molar-refractivity contribution is -0.161. The van der Waals surface area contributed by atoms with Crippen molar-refractivity contribution in [1.82, 2.24) is 0 Å². The first-order valence-electron chi connectivity index (χ1n) is 40.0. The first-order chi connectivity index (χ1) is 46.4. The van der Waals surface area contributed by atoms with Crippen LogP contribution < -0.4 is 0 Å². The quantitative estimate of drug-likeness (QED) is 0.0222. The van der Waals surface area contributed by atoms with E-state index in [1.807, 2.05) is 0 Å². The van der Waals surface area contributed by atoms with Crippen LogP contribution in [-0.2, 0) is 65.4 Å². The Balaban J connectivity index is 5.25. The van der Waals surface area contributed by atoms with E-state index >= 15 is 0 Å². The van der Waals surface area contributed by atoms with Crippen molar-refractivity contribution in [3.05, 3.63) is 0 Å². The van der Waals surface area contributed by atoms with Gasteiger partial charge in [0.2, 0.25) is 0 Å². The molecule has 0 aliphatic rings. The van der Waals surface area contributed by atoms with E-state index in [-0.39, 0.29) is 25.7 Å². The molecular formula is C77H150O17P2. The summed E-state index contributed by atoms with van der Waals surface area (Å²) in [5.74, 6) is -0.617. The number of hydrogen-bond donors (Lipinski definition) is 3. The Kier molecular flexibility index (Phi) is 67.4. The average Bonchev–Trinajstić information content (AvgIpc) is 1.53. The highest BCUT2D eigenvalue weighted by Crippen LogP contribution is 2.45. The monoisotopic (exact) mass is 1410 g/mol. The molecule has 0 saturated heterocycles. The highest BCUT2D eigenvalue weighted by Gasteiger charge is 2.30. The van der Waals surface area contributed by atoms with Gasteiger partial charge < -0.3 is 33.8 Å². The Labute approximate surface area is 588 Å². The lowest BCUT2D eigenvalue weighted by atomic mass is 10.00. The third-order valence-electron chi connectivity index (χ3n) is 18.3. The summed E-state index contributed by atoms with van der Waals surface area (Å²) in [6.07, 6.45) is 56.8. The molecule has 3 unspecified atom stereocenters. The number of phosphoric acid groups is 2. The Hall–Kier alpha value is -1.94. The van der Waals surface area contributed by atoms with Gasteiger partial charge in [0.15, 0.2) is 12.2 Å². The van der Waals surface area contributed by atoms with E-state index in [0.29, 0.717) is 25.7 Å². The van der Waals surface area contributed by atoms with Crippen molar-refractivity contribution in [2.45, 2.75) is 419 Å². The summed E-state index contributed by atoms with van der Waals surface area (Å²) in [5.41, 5.74) is 0. The van der Waals surface area contributed by atoms with E-state index in [9.17, 15) is 43.2 Å². The second kappa shape index (κ2) is 68.8. The number of rotatable bonds is 76. The molecule has 0 aromatic heterocycles. The standard InChI is InChI=1S/C77H150O17P2/c1-7-10-12-14-16-18-20-22-24-26-28-32-36-40-47-53-59-74(79)87-65-72(93-76(81)61-55-49-41-37-33-29-27-25-23-21-19-17-15-13-11-8-2)67-91-95(83,84)89-63-71(78)64-90-96(85,86)92-68-73(66-88-75(80)60-54-48-44-43-46-52-58-70(6)9-3)94-77(82)62-56-50-42-38-34-30-31-35-39-45-51-57-69(4)5/h69-73,78H,7-68H2,1-6H3,(H,83,84)(H,85,86)/t70?,71-,72-,73-/m1/s1. The van der Waals surface area contributed by atoms with Crippen LogP contribution >= 0.6 is 15.6 Å². The molecule has 0 aromatic rings. The van der Waals surface area contributed by atoms with Gasteiger partial charge in [0, 0.05) is 25.7 Å². The average molecular weight is 1410 g/mol. The Morgan fingerprint density at radius 1 is 0.302 bits per heavy atom. The molecule has 0 aromatic carbocycles. The van der Waals surface area contributed by atoms with Crippen molar-refractivity contribution in [1.29, 1.82) is 0 Å². The molecule has 96 heavy (non-hydrogen) atoms. The first kappa shape index (κ1) is 94.1. The van der Waals surface area contributed by atoms with E-state index in [0.717, 1.165) is 108 Å². The number of esters is 4. The maximum atomic E-state index is 13.1. The zero-order valence-corrected chi connectivity index (χ0v) is 64.5. The molecule has 570 valence electrons. The van der Waals surface area contributed by atoms with Crippen LogP contribution in [0.4, 0.5) is 0 Å². The molecule has 0 radical (unpaired) electrons. The third kappa shape index (κ3) is 69.2. The number of phosphoric ester groups is 2. The number of unbranched alkanes of at least 4 members (excludes halogenated alkanes) is 45.